The van der Waals surface area contributed by atoms with Crippen LogP contribution in [0.2, 0.25) is 0 Å². The molecular weight excluding hydrogens is 708 g/mol. The number of hydrogen-bond donors (Lipinski definition) is 0. The van der Waals surface area contributed by atoms with Crippen LogP contribution in [0.1, 0.15) is 0 Å². The summed E-state index contributed by atoms with van der Waals surface area (Å²) in [6.45, 7) is 0. The third-order valence-electron chi connectivity index (χ3n) is 7.97. The minimum atomic E-state index is -5.11. The first kappa shape index (κ1) is 25.8. The van der Waals surface area contributed by atoms with Crippen LogP contribution in [0.15, 0.2) is 182 Å². The third-order valence-corrected chi connectivity index (χ3v) is 56.6. The van der Waals surface area contributed by atoms with Crippen molar-refractivity contribution in [1.82, 2.24) is 0 Å². The topological polar surface area (TPSA) is 18.5 Å². The van der Waals surface area contributed by atoms with Crippen molar-refractivity contribution in [3.05, 3.63) is 182 Å². The Balaban J connectivity index is 1.69. The summed E-state index contributed by atoms with van der Waals surface area (Å²) in [5, 5.41) is 0. The first-order valence-electron chi connectivity index (χ1n) is 13.5. The average molecular weight is 738 g/mol. The average Bonchev–Trinajstić information content (AvgIpc) is 3.04. The Bertz CT molecular complexity index is 1400. The number of benzene rings is 6. The molecule has 0 amide bonds. The molecule has 1 fully saturated rings. The van der Waals surface area contributed by atoms with E-state index < -0.39 is 36.5 Å². The second-order valence-electron chi connectivity index (χ2n) is 10.1. The zero-order chi connectivity index (χ0) is 27.0. The number of rotatable bonds is 6. The molecule has 4 heteroatoms. The molecule has 0 aliphatic carbocycles. The van der Waals surface area contributed by atoms with Gasteiger partial charge in [0.15, 0.2) is 0 Å². The van der Waals surface area contributed by atoms with E-state index in [1.807, 2.05) is 0 Å². The van der Waals surface area contributed by atoms with Gasteiger partial charge in [-0.3, -0.25) is 0 Å². The van der Waals surface area contributed by atoms with Crippen molar-refractivity contribution >= 4 is 57.5 Å². The molecule has 40 heavy (non-hydrogen) atoms. The molecule has 6 aromatic rings. The summed E-state index contributed by atoms with van der Waals surface area (Å²) >= 11 is -10.2. The molecule has 196 valence electrons. The van der Waals surface area contributed by atoms with Gasteiger partial charge in [0.25, 0.3) is 0 Å². The zero-order valence-corrected chi connectivity index (χ0v) is 27.1. The fourth-order valence-corrected chi connectivity index (χ4v) is 74.9. The van der Waals surface area contributed by atoms with Crippen molar-refractivity contribution in [3.63, 3.8) is 0 Å². The molecule has 0 saturated carbocycles. The Morgan fingerprint density at radius 1 is 0.225 bits per heavy atom. The van der Waals surface area contributed by atoms with Crippen molar-refractivity contribution in [1.29, 1.82) is 0 Å². The van der Waals surface area contributed by atoms with Gasteiger partial charge in [0.1, 0.15) is 0 Å². The van der Waals surface area contributed by atoms with Gasteiger partial charge in [0.2, 0.25) is 0 Å². The van der Waals surface area contributed by atoms with Gasteiger partial charge in [0, 0.05) is 0 Å². The maximum absolute atomic E-state index is 8.39. The van der Waals surface area contributed by atoms with E-state index in [4.69, 9.17) is 2.59 Å². The standard InChI is InChI=1S/6C6H5.2O.2Sb/c6*1-2-4-6-5-3-1;;;;/h6*1-5H;;;;. The Morgan fingerprint density at radius 2 is 0.375 bits per heavy atom. The van der Waals surface area contributed by atoms with Gasteiger partial charge in [0.05, 0.1) is 0 Å². The fraction of sp³-hybridized carbons (Fsp3) is 0. The van der Waals surface area contributed by atoms with Gasteiger partial charge in [-0.05, 0) is 0 Å². The molecule has 0 radical (unpaired) electrons. The van der Waals surface area contributed by atoms with Crippen molar-refractivity contribution in [2.75, 3.05) is 0 Å². The van der Waals surface area contributed by atoms with E-state index in [-0.39, 0.29) is 0 Å². The van der Waals surface area contributed by atoms with Crippen molar-refractivity contribution in [2.45, 2.75) is 0 Å². The molecule has 1 saturated heterocycles. The molecule has 7 rings (SSSR count). The first-order valence-corrected chi connectivity index (χ1v) is 25.4. The third kappa shape index (κ3) is 3.38. The summed E-state index contributed by atoms with van der Waals surface area (Å²) in [5.74, 6) is 0. The molecule has 0 atom stereocenters. The minimum absolute atomic E-state index is 1.14. The van der Waals surface area contributed by atoms with Gasteiger partial charge in [-0.1, -0.05) is 0 Å². The Kier molecular flexibility index (Phi) is 6.30. The molecule has 2 nitrogen and oxygen atoms in total. The van der Waals surface area contributed by atoms with E-state index in [9.17, 15) is 0 Å². The van der Waals surface area contributed by atoms with Crippen molar-refractivity contribution in [2.24, 2.45) is 0 Å². The van der Waals surface area contributed by atoms with Gasteiger partial charge in [-0.15, -0.1) is 0 Å². The fourth-order valence-electron chi connectivity index (χ4n) is 6.25. The van der Waals surface area contributed by atoms with Crippen LogP contribution in [0.25, 0.3) is 0 Å². The maximum atomic E-state index is 8.39. The predicted molar refractivity (Wildman–Crippen MR) is 170 cm³/mol. The monoisotopic (exact) mass is 736 g/mol. The molecule has 0 bridgehead atoms. The van der Waals surface area contributed by atoms with Crippen LogP contribution < -0.4 is 21.1 Å². The van der Waals surface area contributed by atoms with Crippen LogP contribution in [0.5, 0.6) is 0 Å². The van der Waals surface area contributed by atoms with Crippen LogP contribution in [-0.2, 0) is 2.59 Å². The van der Waals surface area contributed by atoms with Gasteiger partial charge in [-0.2, -0.15) is 0 Å². The first-order chi connectivity index (χ1) is 19.7. The van der Waals surface area contributed by atoms with E-state index in [0.717, 1.165) is 21.1 Å². The summed E-state index contributed by atoms with van der Waals surface area (Å²) in [6.07, 6.45) is 0. The van der Waals surface area contributed by atoms with Crippen LogP contribution in [0.3, 0.4) is 0 Å². The predicted octanol–water partition coefficient (Wildman–Crippen LogP) is 4.27. The summed E-state index contributed by atoms with van der Waals surface area (Å²) in [6, 6.07) is 64.3. The Labute approximate surface area is 240 Å². The molecule has 1 aliphatic rings. The molecular formula is C36H30O2Sb2. The molecule has 0 unspecified atom stereocenters. The van der Waals surface area contributed by atoms with E-state index in [1.54, 1.807) is 0 Å². The zero-order valence-electron chi connectivity index (χ0n) is 22.0. The van der Waals surface area contributed by atoms with Crippen LogP contribution in [-0.4, -0.2) is 36.5 Å². The molecule has 1 heterocycles. The molecule has 0 aromatic heterocycles. The Hall–Kier alpha value is -3.12. The SMILES string of the molecule is c1cc[c]([Sb]2([c]3ccccc3)([c]3ccccc3)[O][Sb]([c]3ccccc3)([c]3ccccc3)([c]3ccccc3)[O]2)cc1. The van der Waals surface area contributed by atoms with E-state index >= 15 is 0 Å². The van der Waals surface area contributed by atoms with Crippen molar-refractivity contribution in [3.8, 4) is 0 Å². The van der Waals surface area contributed by atoms with Crippen LogP contribution >= 0.6 is 0 Å². The summed E-state index contributed by atoms with van der Waals surface area (Å²) in [7, 11) is 0. The second kappa shape index (κ2) is 9.76. The number of hydrogen-bond acceptors (Lipinski definition) is 2. The van der Waals surface area contributed by atoms with E-state index in [0.29, 0.717) is 0 Å². The quantitative estimate of drug-likeness (QED) is 0.238. The van der Waals surface area contributed by atoms with Gasteiger partial charge in [-0.25, -0.2) is 0 Å². The summed E-state index contributed by atoms with van der Waals surface area (Å²) in [5.41, 5.74) is 0. The van der Waals surface area contributed by atoms with E-state index in [2.05, 4.69) is 182 Å². The second-order valence-corrected chi connectivity index (χ2v) is 37.1. The molecule has 0 spiro atoms. The van der Waals surface area contributed by atoms with Crippen LogP contribution in [0, 0.1) is 0 Å². The Morgan fingerprint density at radius 3 is 0.525 bits per heavy atom. The molecule has 0 N–H and O–H groups in total. The van der Waals surface area contributed by atoms with Crippen LogP contribution in [0.4, 0.5) is 0 Å². The van der Waals surface area contributed by atoms with Crippen molar-refractivity contribution < 1.29 is 2.59 Å². The molecule has 1 aliphatic heterocycles. The van der Waals surface area contributed by atoms with Gasteiger partial charge >= 0.3 is 242 Å². The summed E-state index contributed by atoms with van der Waals surface area (Å²) in [4.78, 5) is 0. The molecule has 6 aromatic carbocycles. The van der Waals surface area contributed by atoms with Gasteiger partial charge < -0.3 is 0 Å². The summed E-state index contributed by atoms with van der Waals surface area (Å²) < 4.78 is 23.6. The van der Waals surface area contributed by atoms with E-state index in [1.165, 1.54) is 0 Å². The normalized spacial score (nSPS) is 19.9.